The van der Waals surface area contributed by atoms with Gasteiger partial charge in [-0.1, -0.05) is 30.3 Å². The van der Waals surface area contributed by atoms with Gasteiger partial charge in [0.1, 0.15) is 6.04 Å². The van der Waals surface area contributed by atoms with E-state index in [0.717, 1.165) is 16.8 Å². The normalized spacial score (nSPS) is 19.3. The van der Waals surface area contributed by atoms with Crippen LogP contribution < -0.4 is 9.62 Å². The number of carbonyl (C=O) groups is 2. The Morgan fingerprint density at radius 1 is 1.12 bits per heavy atom. The number of hydrogen-bond donors (Lipinski definition) is 1. The summed E-state index contributed by atoms with van der Waals surface area (Å²) < 4.78 is 34.6. The van der Waals surface area contributed by atoms with E-state index in [4.69, 9.17) is 4.74 Å². The molecule has 2 atom stereocenters. The van der Waals surface area contributed by atoms with Gasteiger partial charge in [-0.2, -0.15) is 4.72 Å². The fourth-order valence-electron chi connectivity index (χ4n) is 4.54. The number of benzene rings is 2. The first-order valence-corrected chi connectivity index (χ1v) is 12.6. The van der Waals surface area contributed by atoms with E-state index in [1.165, 1.54) is 13.0 Å². The Kier molecular flexibility index (Phi) is 6.83. The second-order valence-electron chi connectivity index (χ2n) is 8.53. The first kappa shape index (κ1) is 23.4. The van der Waals surface area contributed by atoms with E-state index >= 15 is 0 Å². The second-order valence-corrected chi connectivity index (χ2v) is 10.2. The highest BCUT2D eigenvalue weighted by molar-refractivity contribution is 7.89. The zero-order chi connectivity index (χ0) is 23.6. The summed E-state index contributed by atoms with van der Waals surface area (Å²) in [5.74, 6) is -0.336. The van der Waals surface area contributed by atoms with Gasteiger partial charge >= 0.3 is 0 Å². The van der Waals surface area contributed by atoms with Crippen LogP contribution in [0.4, 0.5) is 5.69 Å². The predicted octanol–water partition coefficient (Wildman–Crippen LogP) is 1.73. The van der Waals surface area contributed by atoms with Crippen molar-refractivity contribution in [2.45, 2.75) is 43.7 Å². The summed E-state index contributed by atoms with van der Waals surface area (Å²) >= 11 is 0. The molecule has 8 nitrogen and oxygen atoms in total. The van der Waals surface area contributed by atoms with E-state index < -0.39 is 16.1 Å². The Bertz CT molecular complexity index is 1130. The fraction of sp³-hybridized carbons (Fsp3) is 0.417. The number of amides is 2. The topological polar surface area (TPSA) is 96.0 Å². The zero-order valence-electron chi connectivity index (χ0n) is 18.9. The van der Waals surface area contributed by atoms with Gasteiger partial charge in [0.25, 0.3) is 0 Å². The van der Waals surface area contributed by atoms with Crippen molar-refractivity contribution in [3.8, 4) is 0 Å². The molecule has 1 N–H and O–H groups in total. The van der Waals surface area contributed by atoms with E-state index in [0.29, 0.717) is 32.7 Å². The molecule has 0 radical (unpaired) electrons. The van der Waals surface area contributed by atoms with E-state index in [1.807, 2.05) is 37.3 Å². The van der Waals surface area contributed by atoms with Crippen LogP contribution in [0.2, 0.25) is 0 Å². The molecule has 2 heterocycles. The Morgan fingerprint density at radius 2 is 1.82 bits per heavy atom. The Morgan fingerprint density at radius 3 is 2.48 bits per heavy atom. The Balaban J connectivity index is 1.60. The maximum atomic E-state index is 13.3. The van der Waals surface area contributed by atoms with Crippen molar-refractivity contribution < 1.29 is 22.7 Å². The quantitative estimate of drug-likeness (QED) is 0.692. The number of carbonyl (C=O) groups excluding carboxylic acids is 2. The van der Waals surface area contributed by atoms with Crippen LogP contribution in [0.15, 0.2) is 53.4 Å². The highest BCUT2D eigenvalue weighted by Gasteiger charge is 2.33. The summed E-state index contributed by atoms with van der Waals surface area (Å²) in [6.45, 7) is 5.18. The first-order valence-electron chi connectivity index (χ1n) is 11.1. The summed E-state index contributed by atoms with van der Waals surface area (Å²) in [6.07, 6.45) is 0.828. The molecular formula is C24H29N3O5S. The van der Waals surface area contributed by atoms with Crippen LogP contribution in [0, 0.1) is 0 Å². The summed E-state index contributed by atoms with van der Waals surface area (Å²) in [4.78, 5) is 28.7. The highest BCUT2D eigenvalue weighted by Crippen LogP contribution is 2.34. The molecule has 1 fully saturated rings. The smallest absolute Gasteiger partial charge is 0.241 e. The molecule has 33 heavy (non-hydrogen) atoms. The van der Waals surface area contributed by atoms with Crippen LogP contribution in [-0.4, -0.2) is 63.5 Å². The molecule has 2 amide bonds. The van der Waals surface area contributed by atoms with Crippen LogP contribution in [-0.2, 0) is 37.2 Å². The lowest BCUT2D eigenvalue weighted by Crippen LogP contribution is -2.52. The van der Waals surface area contributed by atoms with Crippen molar-refractivity contribution in [3.63, 3.8) is 0 Å². The molecule has 1 saturated heterocycles. The monoisotopic (exact) mass is 471 g/mol. The molecule has 2 aromatic rings. The average molecular weight is 472 g/mol. The minimum Gasteiger partial charge on any atom is -0.378 e. The number of sulfonamides is 1. The number of anilines is 1. The average Bonchev–Trinajstić information content (AvgIpc) is 3.14. The lowest BCUT2D eigenvalue weighted by Gasteiger charge is -2.30. The molecule has 2 aliphatic heterocycles. The highest BCUT2D eigenvalue weighted by atomic mass is 32.2. The van der Waals surface area contributed by atoms with Gasteiger partial charge in [-0.25, -0.2) is 8.42 Å². The van der Waals surface area contributed by atoms with Crippen molar-refractivity contribution in [3.05, 3.63) is 59.7 Å². The number of nitrogens with one attached hydrogen (secondary N) is 1. The van der Waals surface area contributed by atoms with Crippen LogP contribution in [0.1, 0.15) is 25.0 Å². The number of fused-ring (bicyclic) bond motifs is 1. The summed E-state index contributed by atoms with van der Waals surface area (Å²) in [7, 11) is -3.97. The largest absolute Gasteiger partial charge is 0.378 e. The summed E-state index contributed by atoms with van der Waals surface area (Å²) in [6, 6.07) is 13.2. The van der Waals surface area contributed by atoms with Gasteiger partial charge in [-0.15, -0.1) is 0 Å². The molecule has 0 unspecified atom stereocenters. The number of rotatable bonds is 6. The lowest BCUT2D eigenvalue weighted by molar-refractivity contribution is -0.137. The molecule has 4 rings (SSSR count). The van der Waals surface area contributed by atoms with E-state index in [1.54, 1.807) is 21.9 Å². The van der Waals surface area contributed by atoms with Gasteiger partial charge in [0.2, 0.25) is 21.8 Å². The third-order valence-corrected chi connectivity index (χ3v) is 7.59. The second kappa shape index (κ2) is 9.62. The van der Waals surface area contributed by atoms with Gasteiger partial charge < -0.3 is 14.5 Å². The molecule has 176 valence electrons. The van der Waals surface area contributed by atoms with Crippen LogP contribution in [0.25, 0.3) is 0 Å². The van der Waals surface area contributed by atoms with Crippen LogP contribution >= 0.6 is 0 Å². The van der Waals surface area contributed by atoms with Crippen LogP contribution in [0.5, 0.6) is 0 Å². The van der Waals surface area contributed by atoms with E-state index in [9.17, 15) is 18.0 Å². The molecule has 0 aliphatic carbocycles. The van der Waals surface area contributed by atoms with E-state index in [2.05, 4.69) is 4.72 Å². The molecule has 0 saturated carbocycles. The molecular weight excluding hydrogens is 442 g/mol. The SMILES string of the molecule is CC(=O)N1c2ccc(S(=O)(=O)N[C@@H](Cc3ccccc3)C(=O)N3CCOCC3)cc2C[C@@H]1C. The van der Waals surface area contributed by atoms with Gasteiger partial charge in [-0.3, -0.25) is 9.59 Å². The van der Waals surface area contributed by atoms with Gasteiger partial charge in [-0.05, 0) is 49.1 Å². The van der Waals surface area contributed by atoms with Gasteiger partial charge in [0.15, 0.2) is 0 Å². The number of morpholine rings is 1. The molecule has 2 aliphatic rings. The Labute approximate surface area is 194 Å². The van der Waals surface area contributed by atoms with Crippen molar-refractivity contribution in [1.29, 1.82) is 0 Å². The minimum atomic E-state index is -3.97. The molecule has 0 bridgehead atoms. The number of ether oxygens (including phenoxy) is 1. The zero-order valence-corrected chi connectivity index (χ0v) is 19.7. The maximum absolute atomic E-state index is 13.3. The molecule has 2 aromatic carbocycles. The van der Waals surface area contributed by atoms with Crippen molar-refractivity contribution in [2.24, 2.45) is 0 Å². The van der Waals surface area contributed by atoms with Crippen LogP contribution in [0.3, 0.4) is 0 Å². The lowest BCUT2D eigenvalue weighted by atomic mass is 10.1. The van der Waals surface area contributed by atoms with Crippen molar-refractivity contribution in [2.75, 3.05) is 31.2 Å². The first-order chi connectivity index (χ1) is 15.8. The van der Waals surface area contributed by atoms with Gasteiger partial charge in [0, 0.05) is 31.7 Å². The summed E-state index contributed by atoms with van der Waals surface area (Å²) in [5, 5.41) is 0. The standard InChI is InChI=1S/C24H29N3O5S/c1-17-14-20-16-21(8-9-23(20)27(17)18(2)28)33(30,31)25-22(15-19-6-4-3-5-7-19)24(29)26-10-12-32-13-11-26/h3-9,16-17,22,25H,10-15H2,1-2H3/t17-,22-/m0/s1. The molecule has 9 heteroatoms. The maximum Gasteiger partial charge on any atom is 0.241 e. The molecule has 0 aromatic heterocycles. The third kappa shape index (κ3) is 5.10. The molecule has 0 spiro atoms. The minimum absolute atomic E-state index is 0.0304. The Hall–Kier alpha value is -2.75. The number of hydrogen-bond acceptors (Lipinski definition) is 5. The van der Waals surface area contributed by atoms with Crippen molar-refractivity contribution >= 4 is 27.5 Å². The predicted molar refractivity (Wildman–Crippen MR) is 124 cm³/mol. The van der Waals surface area contributed by atoms with Crippen molar-refractivity contribution in [1.82, 2.24) is 9.62 Å². The van der Waals surface area contributed by atoms with E-state index in [-0.39, 0.29) is 29.2 Å². The summed E-state index contributed by atoms with van der Waals surface area (Å²) in [5.41, 5.74) is 2.41. The third-order valence-electron chi connectivity index (χ3n) is 6.12. The van der Waals surface area contributed by atoms with Gasteiger partial charge in [0.05, 0.1) is 18.1 Å². The fourth-order valence-corrected chi connectivity index (χ4v) is 5.78. The number of nitrogens with zero attached hydrogens (tertiary/aromatic N) is 2.